The topological polar surface area (TPSA) is 497 Å². The zero-order valence-electron chi connectivity index (χ0n) is 58.9. The SMILES string of the molecule is C=P(C)(C)CC[C@H]1OC(n2cc(/C=C/C(=O)OC)c(=O)[nH]c2=O)[C@H](O)[C@@H]1O.C=P(C)(C)CC[C@H]1OC(n2cc(/C=C/CN)c(=O)[nH]c2=O)[C@H](O)[C@@H]1O.C=P(C)(C)CC[C@H]1OC(n2cc(C(=O)CC(=O)OC)c(=O)[nH]c2=O)[C@H](O)[C@@H]1O.C=P(C)(C)CC[C@H]1OC(n2cc(C)c(=O)[nH]c2=S)[C@H](O)[C@@H]1O. The normalized spacial score (nSPS) is 26.6. The van der Waals surface area contributed by atoms with Crippen molar-refractivity contribution in [2.75, 3.05) is 98.7 Å². The van der Waals surface area contributed by atoms with Crippen LogP contribution in [0.1, 0.15) is 84.1 Å². The largest absolute Gasteiger partial charge is 0.469 e. The number of ketones is 1. The highest BCUT2D eigenvalue weighted by Gasteiger charge is 2.47. The molecule has 0 radical (unpaired) electrons. The van der Waals surface area contributed by atoms with Gasteiger partial charge in [-0.3, -0.25) is 67.0 Å². The molecule has 38 heteroatoms. The number of aliphatic hydroxyl groups excluding tert-OH is 8. The molecule has 0 aromatic carbocycles. The molecule has 4 unspecified atom stereocenters. The first-order chi connectivity index (χ1) is 47.2. The van der Waals surface area contributed by atoms with E-state index >= 15 is 0 Å². The Morgan fingerprint density at radius 1 is 0.500 bits per heavy atom. The molecule has 4 fully saturated rings. The summed E-state index contributed by atoms with van der Waals surface area (Å²) in [5, 5.41) is 82.2. The summed E-state index contributed by atoms with van der Waals surface area (Å²) in [6.07, 6.45) is 14.8. The Morgan fingerprint density at radius 2 is 0.833 bits per heavy atom. The fourth-order valence-corrected chi connectivity index (χ4v) is 14.7. The molecule has 0 amide bonds. The molecule has 8 heterocycles. The highest BCUT2D eigenvalue weighted by atomic mass is 32.1. The van der Waals surface area contributed by atoms with Crippen molar-refractivity contribution in [1.29, 1.82) is 0 Å². The first-order valence-corrected chi connectivity index (χ1v) is 44.7. The van der Waals surface area contributed by atoms with Crippen molar-refractivity contribution in [2.24, 2.45) is 5.73 Å². The lowest BCUT2D eigenvalue weighted by Gasteiger charge is -2.19. The third-order valence-electron chi connectivity index (χ3n) is 16.5. The molecule has 0 bridgehead atoms. The number of aliphatic hydroxyl groups is 8. The number of aromatic amines is 4. The number of carbonyl (C=O) groups is 3. The molecule has 16 atom stereocenters. The number of methoxy groups -OCH3 is 2. The van der Waals surface area contributed by atoms with Gasteiger partial charge in [0.1, 0.15) is 55.3 Å². The van der Waals surface area contributed by atoms with Crippen LogP contribution in [0.3, 0.4) is 0 Å². The smallest absolute Gasteiger partial charge is 0.330 e. The Morgan fingerprint density at radius 3 is 1.17 bits per heavy atom. The van der Waals surface area contributed by atoms with E-state index in [9.17, 15) is 88.8 Å². The van der Waals surface area contributed by atoms with Crippen LogP contribution in [0.5, 0.6) is 0 Å². The predicted molar refractivity (Wildman–Crippen MR) is 400 cm³/mol. The van der Waals surface area contributed by atoms with Gasteiger partial charge < -0.3 is 75.0 Å². The van der Waals surface area contributed by atoms with E-state index in [1.165, 1.54) is 36.2 Å². The van der Waals surface area contributed by atoms with Crippen molar-refractivity contribution in [2.45, 2.75) is 137 Å². The number of carbonyl (C=O) groups excluding carboxylic acids is 3. The zero-order valence-corrected chi connectivity index (χ0v) is 63.3. The molecule has 570 valence electrons. The van der Waals surface area contributed by atoms with Crippen molar-refractivity contribution >= 4 is 94.8 Å². The zero-order chi connectivity index (χ0) is 77.0. The molecule has 0 aliphatic carbocycles. The fraction of sp³-hybridized carbons (Fsp3) is 0.578. The maximum Gasteiger partial charge on any atom is 0.330 e. The van der Waals surface area contributed by atoms with Crippen molar-refractivity contribution in [3.63, 3.8) is 0 Å². The number of Topliss-reactive ketones (excluding diaryl/α,β-unsaturated/α-hetero) is 1. The number of H-pyrrole nitrogens is 4. The Kier molecular flexibility index (Phi) is 31.2. The van der Waals surface area contributed by atoms with E-state index in [2.05, 4.69) is 89.6 Å². The molecule has 0 saturated carbocycles. The van der Waals surface area contributed by atoms with E-state index < -0.39 is 189 Å². The van der Waals surface area contributed by atoms with Gasteiger partial charge in [-0.1, -0.05) is 12.2 Å². The third kappa shape index (κ3) is 24.2. The van der Waals surface area contributed by atoms with Crippen LogP contribution in [0, 0.1) is 11.7 Å². The maximum absolute atomic E-state index is 12.2. The predicted octanol–water partition coefficient (Wildman–Crippen LogP) is -1.40. The number of rotatable bonds is 23. The minimum absolute atomic E-state index is 0.00134. The number of aromatic nitrogens is 8. The van der Waals surface area contributed by atoms with Gasteiger partial charge in [0.25, 0.3) is 22.2 Å². The van der Waals surface area contributed by atoms with Crippen LogP contribution in [0.4, 0.5) is 0 Å². The minimum atomic E-state index is -1.44. The standard InChI is InChI=1S/C17H25N2O8P.C17H25N2O7P.C16H26N3O5P.C14H23N2O4PS/c1-26-12(21)7-10(20)9-8-19(17(25)18-15(9)24)16-14(23)13(22)11(27-16)5-6-28(2,3)4;1-25-12(20)6-5-10-9-19(17(24)18-15(10)23)16-14(22)13(21)11(26-16)7-8-27(2,3)4;1-25(2,3)8-6-11-12(20)13(21)15(24-11)19-9-10(5-4-7-17)14(22)18-16(19)23;1-8-7-16(14(22)15-12(8)19)13-11(18)10(17)9(20-13)5-6-21(2,3)4/h8,11,13-14,16,22-23H,2,5-7H2,1,3-4H3,(H,18,24,25);5-6,9,11,13-14,16,21-22H,2,7-8H2,1,3-4H3,(H,18,23,24);4-5,9,11-13,15,20-21H,1,6-8,17H2,2-3H3,(H,18,22,23);7,9-11,13,17-18H,2,5-6H2,1,3-4H3,(H,15,19,22)/b;6-5+;5-4+;/t2*11-,13-,14-,16?;11-,12-,13-,15?;9-,10-,11-,13?/m1111/s1. The number of nitrogens with zero attached hydrogens (tertiary/aromatic N) is 4. The van der Waals surface area contributed by atoms with E-state index in [1.807, 2.05) is 18.3 Å². The number of hydrogen-bond acceptors (Lipinski definition) is 26. The molecule has 4 aromatic heterocycles. The Balaban J connectivity index is 0.000000246. The van der Waals surface area contributed by atoms with Crippen LogP contribution in [-0.4, -0.2) is 294 Å². The van der Waals surface area contributed by atoms with E-state index in [4.69, 9.17) is 36.9 Å². The third-order valence-corrected chi connectivity index (χ3v) is 22.7. The monoisotopic (exact) mass is 1530 g/mol. The van der Waals surface area contributed by atoms with Crippen LogP contribution in [0.25, 0.3) is 12.2 Å². The highest BCUT2D eigenvalue weighted by molar-refractivity contribution is 7.73. The molecular formula is C64H99N9O24P4S. The number of esters is 2. The average molecular weight is 1530 g/mol. The second-order valence-corrected chi connectivity index (χ2v) is 45.5. The molecule has 4 aromatic rings. The van der Waals surface area contributed by atoms with Crippen molar-refractivity contribution < 1.29 is 83.7 Å². The molecule has 33 nitrogen and oxygen atoms in total. The van der Waals surface area contributed by atoms with E-state index in [0.29, 0.717) is 37.4 Å². The number of nitrogens with two attached hydrogens (primary N) is 1. The molecule has 102 heavy (non-hydrogen) atoms. The van der Waals surface area contributed by atoms with Crippen LogP contribution in [-0.2, 0) is 38.0 Å². The van der Waals surface area contributed by atoms with Gasteiger partial charge in [0, 0.05) is 43.0 Å². The summed E-state index contributed by atoms with van der Waals surface area (Å²) in [5.74, 6) is -2.36. The number of nitrogens with one attached hydrogen (secondary N) is 4. The van der Waals surface area contributed by atoms with Crippen molar-refractivity contribution in [3.05, 3.63) is 137 Å². The number of hydrogen-bond donors (Lipinski definition) is 13. The molecule has 4 saturated heterocycles. The summed E-state index contributed by atoms with van der Waals surface area (Å²) in [6.45, 7) is 13.2. The lowest BCUT2D eigenvalue weighted by Crippen LogP contribution is -2.39. The fourth-order valence-electron chi connectivity index (χ4n) is 10.7. The molecule has 8 rings (SSSR count). The summed E-state index contributed by atoms with van der Waals surface area (Å²) < 4.78 is 36.3. The van der Waals surface area contributed by atoms with Crippen LogP contribution in [0.15, 0.2) is 70.5 Å². The maximum atomic E-state index is 12.2. The highest BCUT2D eigenvalue weighted by Crippen LogP contribution is 2.43. The quantitative estimate of drug-likeness (QED) is 0.0101. The number of ether oxygens (including phenoxy) is 6. The Hall–Kier alpha value is -6.09. The second kappa shape index (κ2) is 36.8. The summed E-state index contributed by atoms with van der Waals surface area (Å²) in [4.78, 5) is 127. The average Bonchev–Trinajstić information content (AvgIpc) is 1.62. The molecule has 0 spiro atoms. The Bertz CT molecular complexity index is 4400. The van der Waals surface area contributed by atoms with Gasteiger partial charge in [-0.15, -0.1) is 52.7 Å². The Labute approximate surface area is 592 Å². The molecular weight excluding hydrogens is 1430 g/mol. The molecule has 14 N–H and O–H groups in total. The van der Waals surface area contributed by atoms with Gasteiger partial charge in [-0.2, -0.15) is 0 Å². The second-order valence-electron chi connectivity index (χ2n) is 27.8. The summed E-state index contributed by atoms with van der Waals surface area (Å²) >= 11 is 5.12. The lowest BCUT2D eigenvalue weighted by molar-refractivity contribution is -0.139. The van der Waals surface area contributed by atoms with Gasteiger partial charge in [0.15, 0.2) is 35.5 Å². The van der Waals surface area contributed by atoms with E-state index in [-0.39, 0.29) is 28.0 Å². The molecule has 4 aliphatic heterocycles. The van der Waals surface area contributed by atoms with Gasteiger partial charge in [-0.05, 0) is 129 Å². The van der Waals surface area contributed by atoms with Gasteiger partial charge in [-0.25, -0.2) is 19.2 Å². The summed E-state index contributed by atoms with van der Waals surface area (Å²) in [5.41, 5.74) is 0.676. The van der Waals surface area contributed by atoms with Crippen molar-refractivity contribution in [1.82, 2.24) is 38.2 Å². The van der Waals surface area contributed by atoms with Crippen LogP contribution < -0.4 is 45.0 Å². The summed E-state index contributed by atoms with van der Waals surface area (Å²) in [6, 6.07) is 0. The van der Waals surface area contributed by atoms with Crippen LogP contribution in [0.2, 0.25) is 0 Å². The van der Waals surface area contributed by atoms with E-state index in [1.54, 1.807) is 19.2 Å². The van der Waals surface area contributed by atoms with Crippen molar-refractivity contribution in [3.8, 4) is 0 Å². The van der Waals surface area contributed by atoms with Crippen LogP contribution >= 0.6 is 39.8 Å². The first kappa shape index (κ1) is 86.6. The van der Waals surface area contributed by atoms with Gasteiger partial charge >= 0.3 is 29.0 Å². The number of aryl methyl sites for hydroxylation is 1. The lowest BCUT2D eigenvalue weighted by atomic mass is 10.1. The summed E-state index contributed by atoms with van der Waals surface area (Å²) in [7, 11) is 2.29. The van der Waals surface area contributed by atoms with E-state index in [0.717, 1.165) is 51.6 Å². The van der Waals surface area contributed by atoms with Gasteiger partial charge in [0.05, 0.1) is 55.3 Å². The minimum Gasteiger partial charge on any atom is -0.469 e. The first-order valence-electron chi connectivity index (χ1n) is 32.1. The van der Waals surface area contributed by atoms with Gasteiger partial charge in [0.2, 0.25) is 0 Å². The molecule has 4 aliphatic rings.